The van der Waals surface area contributed by atoms with E-state index in [1.54, 1.807) is 0 Å². The number of hydrogen-bond donors (Lipinski definition) is 0. The molecule has 0 fully saturated rings. The summed E-state index contributed by atoms with van der Waals surface area (Å²) in [5.74, 6) is 0.698. The minimum atomic E-state index is -0.0705. The fourth-order valence-electron chi connectivity index (χ4n) is 2.45. The van der Waals surface area contributed by atoms with Crippen molar-refractivity contribution < 1.29 is 9.53 Å². The summed E-state index contributed by atoms with van der Waals surface area (Å²) in [6.07, 6.45) is 5.90. The Labute approximate surface area is 129 Å². The van der Waals surface area contributed by atoms with Crippen molar-refractivity contribution in [2.24, 2.45) is 5.92 Å². The van der Waals surface area contributed by atoms with Crippen LogP contribution in [-0.2, 0) is 16.0 Å². The summed E-state index contributed by atoms with van der Waals surface area (Å²) < 4.78 is 5.30. The van der Waals surface area contributed by atoms with Crippen LogP contribution >= 0.6 is 0 Å². The monoisotopic (exact) mass is 290 g/mol. The number of hydrogen-bond acceptors (Lipinski definition) is 2. The van der Waals surface area contributed by atoms with Gasteiger partial charge in [-0.3, -0.25) is 4.79 Å². The Morgan fingerprint density at radius 3 is 2.57 bits per heavy atom. The number of aryl methyl sites for hydroxylation is 3. The molecule has 0 aliphatic heterocycles. The smallest absolute Gasteiger partial charge is 0.306 e. The maximum atomic E-state index is 11.7. The Bertz CT molecular complexity index is 435. The first-order chi connectivity index (χ1) is 9.99. The molecule has 0 heterocycles. The highest BCUT2D eigenvalue weighted by Crippen LogP contribution is 2.13. The molecule has 0 aromatic heterocycles. The van der Waals surface area contributed by atoms with E-state index in [0.717, 1.165) is 25.2 Å². The maximum absolute atomic E-state index is 11.7. The zero-order valence-electron chi connectivity index (χ0n) is 14.1. The molecular formula is C19H30O2. The van der Waals surface area contributed by atoms with Crippen LogP contribution in [0, 0.1) is 19.8 Å². The lowest BCUT2D eigenvalue weighted by Crippen LogP contribution is -2.07. The van der Waals surface area contributed by atoms with E-state index in [1.807, 2.05) is 0 Å². The predicted octanol–water partition coefficient (Wildman–Crippen LogP) is 5.00. The standard InChI is InChI=1S/C19H30O2/c1-15(2)8-6-5-7-13-21-19(20)12-11-18-10-9-16(3)14-17(18)4/h9-10,14-15H,5-8,11-13H2,1-4H3. The number of ether oxygens (including phenoxy) is 1. The topological polar surface area (TPSA) is 26.3 Å². The summed E-state index contributed by atoms with van der Waals surface area (Å²) in [4.78, 5) is 11.7. The first kappa shape index (κ1) is 17.7. The predicted molar refractivity (Wildman–Crippen MR) is 88.5 cm³/mol. The molecule has 0 aliphatic rings. The van der Waals surface area contributed by atoms with Crippen molar-refractivity contribution in [3.63, 3.8) is 0 Å². The molecule has 0 bridgehead atoms. The second-order valence-corrected chi connectivity index (χ2v) is 6.39. The largest absolute Gasteiger partial charge is 0.466 e. The van der Waals surface area contributed by atoms with E-state index >= 15 is 0 Å². The molecule has 0 N–H and O–H groups in total. The SMILES string of the molecule is Cc1ccc(CCC(=O)OCCCCCC(C)C)c(C)c1. The van der Waals surface area contributed by atoms with Gasteiger partial charge >= 0.3 is 5.97 Å². The molecule has 0 saturated carbocycles. The molecular weight excluding hydrogens is 260 g/mol. The van der Waals surface area contributed by atoms with Crippen LogP contribution in [0.15, 0.2) is 18.2 Å². The molecule has 0 unspecified atom stereocenters. The minimum Gasteiger partial charge on any atom is -0.466 e. The van der Waals surface area contributed by atoms with E-state index in [1.165, 1.54) is 29.5 Å². The van der Waals surface area contributed by atoms with Crippen molar-refractivity contribution in [3.05, 3.63) is 34.9 Å². The fraction of sp³-hybridized carbons (Fsp3) is 0.632. The number of benzene rings is 1. The van der Waals surface area contributed by atoms with Crippen LogP contribution in [0.25, 0.3) is 0 Å². The summed E-state index contributed by atoms with van der Waals surface area (Å²) in [6.45, 7) is 9.25. The summed E-state index contributed by atoms with van der Waals surface area (Å²) in [7, 11) is 0. The van der Waals surface area contributed by atoms with Gasteiger partial charge in [0, 0.05) is 6.42 Å². The number of rotatable bonds is 9. The molecule has 2 heteroatoms. The quantitative estimate of drug-likeness (QED) is 0.473. The van der Waals surface area contributed by atoms with Gasteiger partial charge in [-0.05, 0) is 43.7 Å². The molecule has 1 aromatic carbocycles. The van der Waals surface area contributed by atoms with Crippen LogP contribution in [0.1, 0.15) is 62.6 Å². The molecule has 21 heavy (non-hydrogen) atoms. The van der Waals surface area contributed by atoms with Gasteiger partial charge in [-0.2, -0.15) is 0 Å². The van der Waals surface area contributed by atoms with Crippen LogP contribution in [0.5, 0.6) is 0 Å². The van der Waals surface area contributed by atoms with Gasteiger partial charge in [0.2, 0.25) is 0 Å². The normalized spacial score (nSPS) is 10.9. The zero-order chi connectivity index (χ0) is 15.7. The van der Waals surface area contributed by atoms with Crippen LogP contribution in [0.4, 0.5) is 0 Å². The summed E-state index contributed by atoms with van der Waals surface area (Å²) >= 11 is 0. The highest BCUT2D eigenvalue weighted by Gasteiger charge is 2.05. The van der Waals surface area contributed by atoms with Crippen molar-refractivity contribution in [1.82, 2.24) is 0 Å². The third kappa shape index (κ3) is 7.89. The Hall–Kier alpha value is -1.31. The average molecular weight is 290 g/mol. The lowest BCUT2D eigenvalue weighted by molar-refractivity contribution is -0.143. The average Bonchev–Trinajstić information content (AvgIpc) is 2.41. The Kier molecular flexibility index (Phi) is 8.11. The molecule has 0 amide bonds. The Morgan fingerprint density at radius 2 is 1.90 bits per heavy atom. The molecule has 0 saturated heterocycles. The van der Waals surface area contributed by atoms with Crippen LogP contribution < -0.4 is 0 Å². The van der Waals surface area contributed by atoms with E-state index in [9.17, 15) is 4.79 Å². The number of carbonyl (C=O) groups excluding carboxylic acids is 1. The first-order valence-electron chi connectivity index (χ1n) is 8.21. The zero-order valence-corrected chi connectivity index (χ0v) is 14.1. The van der Waals surface area contributed by atoms with Gasteiger partial charge in [-0.1, -0.05) is 56.9 Å². The third-order valence-electron chi connectivity index (χ3n) is 3.79. The van der Waals surface area contributed by atoms with Crippen LogP contribution in [0.3, 0.4) is 0 Å². The lowest BCUT2D eigenvalue weighted by Gasteiger charge is -2.08. The van der Waals surface area contributed by atoms with E-state index in [-0.39, 0.29) is 5.97 Å². The van der Waals surface area contributed by atoms with E-state index < -0.39 is 0 Å². The minimum absolute atomic E-state index is 0.0705. The van der Waals surface area contributed by atoms with Gasteiger partial charge in [0.25, 0.3) is 0 Å². The molecule has 1 aromatic rings. The summed E-state index contributed by atoms with van der Waals surface area (Å²) in [6, 6.07) is 6.38. The van der Waals surface area contributed by atoms with E-state index in [0.29, 0.717) is 13.0 Å². The number of unbranched alkanes of at least 4 members (excludes halogenated alkanes) is 2. The van der Waals surface area contributed by atoms with Gasteiger partial charge in [-0.15, -0.1) is 0 Å². The third-order valence-corrected chi connectivity index (χ3v) is 3.79. The van der Waals surface area contributed by atoms with Crippen molar-refractivity contribution >= 4 is 5.97 Å². The summed E-state index contributed by atoms with van der Waals surface area (Å²) in [5, 5.41) is 0. The molecule has 0 atom stereocenters. The van der Waals surface area contributed by atoms with Crippen molar-refractivity contribution in [2.45, 2.75) is 66.2 Å². The molecule has 0 spiro atoms. The molecule has 118 valence electrons. The van der Waals surface area contributed by atoms with Crippen LogP contribution in [0.2, 0.25) is 0 Å². The van der Waals surface area contributed by atoms with Crippen molar-refractivity contribution in [1.29, 1.82) is 0 Å². The fourth-order valence-corrected chi connectivity index (χ4v) is 2.45. The molecule has 0 aliphatic carbocycles. The second-order valence-electron chi connectivity index (χ2n) is 6.39. The summed E-state index contributed by atoms with van der Waals surface area (Å²) in [5.41, 5.74) is 3.77. The van der Waals surface area contributed by atoms with E-state index in [2.05, 4.69) is 45.9 Å². The Morgan fingerprint density at radius 1 is 1.14 bits per heavy atom. The van der Waals surface area contributed by atoms with E-state index in [4.69, 9.17) is 4.74 Å². The first-order valence-corrected chi connectivity index (χ1v) is 8.21. The number of esters is 1. The van der Waals surface area contributed by atoms with Crippen molar-refractivity contribution in [2.75, 3.05) is 6.61 Å². The van der Waals surface area contributed by atoms with Gasteiger partial charge in [-0.25, -0.2) is 0 Å². The van der Waals surface area contributed by atoms with Gasteiger partial charge in [0.05, 0.1) is 6.61 Å². The Balaban J connectivity index is 2.14. The molecule has 2 nitrogen and oxygen atoms in total. The highest BCUT2D eigenvalue weighted by atomic mass is 16.5. The van der Waals surface area contributed by atoms with Gasteiger partial charge in [0.1, 0.15) is 0 Å². The lowest BCUT2D eigenvalue weighted by atomic mass is 10.0. The second kappa shape index (κ2) is 9.59. The van der Waals surface area contributed by atoms with Gasteiger partial charge in [0.15, 0.2) is 0 Å². The molecule has 0 radical (unpaired) electrons. The van der Waals surface area contributed by atoms with Crippen LogP contribution in [-0.4, -0.2) is 12.6 Å². The number of carbonyl (C=O) groups is 1. The molecule has 1 rings (SSSR count). The van der Waals surface area contributed by atoms with Crippen molar-refractivity contribution in [3.8, 4) is 0 Å². The maximum Gasteiger partial charge on any atom is 0.306 e. The highest BCUT2D eigenvalue weighted by molar-refractivity contribution is 5.69. The van der Waals surface area contributed by atoms with Gasteiger partial charge < -0.3 is 4.74 Å².